The largest absolute Gasteiger partial charge is 0.357 e. The fourth-order valence-corrected chi connectivity index (χ4v) is 3.07. The summed E-state index contributed by atoms with van der Waals surface area (Å²) in [6, 6.07) is 7.61. The third-order valence-electron chi connectivity index (χ3n) is 4.98. The van der Waals surface area contributed by atoms with Crippen molar-refractivity contribution in [3.63, 3.8) is 0 Å². The third kappa shape index (κ3) is 4.73. The molecule has 1 saturated carbocycles. The van der Waals surface area contributed by atoms with Crippen molar-refractivity contribution < 1.29 is 4.79 Å². The second-order valence-electron chi connectivity index (χ2n) is 6.54. The average Bonchev–Trinajstić information content (AvgIpc) is 2.58. The molecular formula is C19H30N4O. The van der Waals surface area contributed by atoms with Gasteiger partial charge in [0.1, 0.15) is 0 Å². The molecule has 0 spiro atoms. The van der Waals surface area contributed by atoms with Crippen molar-refractivity contribution in [2.45, 2.75) is 46.1 Å². The SMILES string of the molecule is CCNC(=NCc1cccc(C(=O)NC)c1)NCC1(CC)CCC1. The van der Waals surface area contributed by atoms with Crippen molar-refractivity contribution in [3.8, 4) is 0 Å². The van der Waals surface area contributed by atoms with Crippen LogP contribution in [0.4, 0.5) is 0 Å². The number of benzene rings is 1. The molecule has 0 bridgehead atoms. The van der Waals surface area contributed by atoms with E-state index in [0.717, 1.165) is 24.6 Å². The van der Waals surface area contributed by atoms with Gasteiger partial charge < -0.3 is 16.0 Å². The van der Waals surface area contributed by atoms with Crippen molar-refractivity contribution in [2.24, 2.45) is 10.4 Å². The Hall–Kier alpha value is -2.04. The summed E-state index contributed by atoms with van der Waals surface area (Å²) in [5.41, 5.74) is 2.15. The zero-order valence-electron chi connectivity index (χ0n) is 15.1. The number of carbonyl (C=O) groups is 1. The first-order valence-electron chi connectivity index (χ1n) is 8.95. The van der Waals surface area contributed by atoms with Gasteiger partial charge in [-0.15, -0.1) is 0 Å². The molecule has 1 fully saturated rings. The Morgan fingerprint density at radius 2 is 2.04 bits per heavy atom. The number of carbonyl (C=O) groups excluding carboxylic acids is 1. The van der Waals surface area contributed by atoms with Gasteiger partial charge in [-0.1, -0.05) is 25.5 Å². The molecule has 5 heteroatoms. The molecule has 5 nitrogen and oxygen atoms in total. The van der Waals surface area contributed by atoms with E-state index < -0.39 is 0 Å². The minimum Gasteiger partial charge on any atom is -0.357 e. The van der Waals surface area contributed by atoms with E-state index in [9.17, 15) is 4.79 Å². The summed E-state index contributed by atoms with van der Waals surface area (Å²) in [6.45, 7) is 6.72. The first kappa shape index (κ1) is 18.3. The van der Waals surface area contributed by atoms with Crippen LogP contribution >= 0.6 is 0 Å². The predicted molar refractivity (Wildman–Crippen MR) is 99.2 cm³/mol. The fraction of sp³-hybridized carbons (Fsp3) is 0.579. The van der Waals surface area contributed by atoms with Gasteiger partial charge in [-0.3, -0.25) is 4.79 Å². The van der Waals surface area contributed by atoms with Crippen molar-refractivity contribution in [1.82, 2.24) is 16.0 Å². The van der Waals surface area contributed by atoms with Gasteiger partial charge in [0, 0.05) is 25.7 Å². The number of aliphatic imine (C=N–C) groups is 1. The van der Waals surface area contributed by atoms with E-state index in [-0.39, 0.29) is 5.91 Å². The van der Waals surface area contributed by atoms with Crippen LogP contribution in [0.25, 0.3) is 0 Å². The summed E-state index contributed by atoms with van der Waals surface area (Å²) in [6.07, 6.45) is 5.18. The van der Waals surface area contributed by atoms with Gasteiger partial charge in [0.2, 0.25) is 0 Å². The van der Waals surface area contributed by atoms with E-state index in [1.807, 2.05) is 24.3 Å². The molecule has 1 aliphatic rings. The van der Waals surface area contributed by atoms with E-state index in [1.165, 1.54) is 25.7 Å². The van der Waals surface area contributed by atoms with E-state index >= 15 is 0 Å². The highest BCUT2D eigenvalue weighted by Crippen LogP contribution is 2.42. The van der Waals surface area contributed by atoms with Gasteiger partial charge in [0.25, 0.3) is 5.91 Å². The van der Waals surface area contributed by atoms with E-state index in [0.29, 0.717) is 17.5 Å². The lowest BCUT2D eigenvalue weighted by atomic mass is 9.67. The Morgan fingerprint density at radius 1 is 1.25 bits per heavy atom. The molecule has 1 aromatic rings. The number of guanidine groups is 1. The lowest BCUT2D eigenvalue weighted by Crippen LogP contribution is -2.46. The van der Waals surface area contributed by atoms with Crippen LogP contribution in [-0.2, 0) is 6.54 Å². The molecule has 24 heavy (non-hydrogen) atoms. The first-order chi connectivity index (χ1) is 11.6. The molecule has 0 aromatic heterocycles. The van der Waals surface area contributed by atoms with E-state index in [4.69, 9.17) is 0 Å². The van der Waals surface area contributed by atoms with Gasteiger partial charge in [0.05, 0.1) is 6.54 Å². The maximum atomic E-state index is 11.7. The highest BCUT2D eigenvalue weighted by atomic mass is 16.1. The van der Waals surface area contributed by atoms with Crippen LogP contribution in [0.15, 0.2) is 29.3 Å². The maximum Gasteiger partial charge on any atom is 0.251 e. The van der Waals surface area contributed by atoms with Crippen LogP contribution in [0, 0.1) is 5.41 Å². The smallest absolute Gasteiger partial charge is 0.251 e. The zero-order valence-corrected chi connectivity index (χ0v) is 15.1. The summed E-state index contributed by atoms with van der Waals surface area (Å²) < 4.78 is 0. The molecule has 0 unspecified atom stereocenters. The lowest BCUT2D eigenvalue weighted by Gasteiger charge is -2.41. The second kappa shape index (κ2) is 8.71. The highest BCUT2D eigenvalue weighted by Gasteiger charge is 2.34. The molecule has 1 amide bonds. The Labute approximate surface area is 145 Å². The summed E-state index contributed by atoms with van der Waals surface area (Å²) in [5, 5.41) is 9.45. The molecule has 1 aliphatic carbocycles. The fourth-order valence-electron chi connectivity index (χ4n) is 3.07. The molecule has 132 valence electrons. The van der Waals surface area contributed by atoms with Gasteiger partial charge in [-0.25, -0.2) is 4.99 Å². The highest BCUT2D eigenvalue weighted by molar-refractivity contribution is 5.94. The summed E-state index contributed by atoms with van der Waals surface area (Å²) in [7, 11) is 1.64. The van der Waals surface area contributed by atoms with Crippen LogP contribution in [0.3, 0.4) is 0 Å². The van der Waals surface area contributed by atoms with E-state index in [2.05, 4.69) is 34.8 Å². The third-order valence-corrected chi connectivity index (χ3v) is 4.98. The molecular weight excluding hydrogens is 300 g/mol. The minimum atomic E-state index is -0.0688. The number of amides is 1. The Morgan fingerprint density at radius 3 is 2.62 bits per heavy atom. The molecule has 0 saturated heterocycles. The minimum absolute atomic E-state index is 0.0688. The number of nitrogens with zero attached hydrogens (tertiary/aromatic N) is 1. The van der Waals surface area contributed by atoms with E-state index in [1.54, 1.807) is 7.05 Å². The van der Waals surface area contributed by atoms with Gasteiger partial charge in [-0.05, 0) is 49.3 Å². The topological polar surface area (TPSA) is 65.5 Å². The Balaban J connectivity index is 1.98. The summed E-state index contributed by atoms with van der Waals surface area (Å²) in [4.78, 5) is 16.4. The molecule has 0 atom stereocenters. The van der Waals surface area contributed by atoms with Crippen molar-refractivity contribution in [2.75, 3.05) is 20.1 Å². The molecule has 1 aromatic carbocycles. The van der Waals surface area contributed by atoms with Crippen molar-refractivity contribution in [3.05, 3.63) is 35.4 Å². The monoisotopic (exact) mass is 330 g/mol. The Bertz CT molecular complexity index is 573. The van der Waals surface area contributed by atoms with Gasteiger partial charge in [0.15, 0.2) is 5.96 Å². The van der Waals surface area contributed by atoms with Gasteiger partial charge >= 0.3 is 0 Å². The summed E-state index contributed by atoms with van der Waals surface area (Å²) in [5.74, 6) is 0.781. The number of hydrogen-bond donors (Lipinski definition) is 3. The number of nitrogens with one attached hydrogen (secondary N) is 3. The summed E-state index contributed by atoms with van der Waals surface area (Å²) >= 11 is 0. The predicted octanol–water partition coefficient (Wildman–Crippen LogP) is 2.68. The molecule has 3 N–H and O–H groups in total. The molecule has 0 aliphatic heterocycles. The average molecular weight is 330 g/mol. The standard InChI is InChI=1S/C19H30N4O/c1-4-19(10-7-11-19)14-23-18(21-5-2)22-13-15-8-6-9-16(12-15)17(24)20-3/h6,8-9,12H,4-5,7,10-11,13-14H2,1-3H3,(H,20,24)(H2,21,22,23). The van der Waals surface area contributed by atoms with Crippen LogP contribution in [-0.4, -0.2) is 32.0 Å². The zero-order chi connectivity index (χ0) is 17.4. The molecule has 2 rings (SSSR count). The molecule has 0 heterocycles. The van der Waals surface area contributed by atoms with Crippen LogP contribution in [0.5, 0.6) is 0 Å². The maximum absolute atomic E-state index is 11.7. The second-order valence-corrected chi connectivity index (χ2v) is 6.54. The quantitative estimate of drug-likeness (QED) is 0.532. The van der Waals surface area contributed by atoms with Crippen LogP contribution in [0.1, 0.15) is 55.5 Å². The normalized spacial score (nSPS) is 16.2. The number of hydrogen-bond acceptors (Lipinski definition) is 2. The van der Waals surface area contributed by atoms with Gasteiger partial charge in [-0.2, -0.15) is 0 Å². The van der Waals surface area contributed by atoms with Crippen LogP contribution in [0.2, 0.25) is 0 Å². The van der Waals surface area contributed by atoms with Crippen molar-refractivity contribution in [1.29, 1.82) is 0 Å². The van der Waals surface area contributed by atoms with Crippen LogP contribution < -0.4 is 16.0 Å². The number of rotatable bonds is 7. The Kier molecular flexibility index (Phi) is 6.64. The lowest BCUT2D eigenvalue weighted by molar-refractivity contribution is 0.0963. The molecule has 0 radical (unpaired) electrons. The van der Waals surface area contributed by atoms with Crippen molar-refractivity contribution >= 4 is 11.9 Å². The first-order valence-corrected chi connectivity index (χ1v) is 8.95.